The van der Waals surface area contributed by atoms with E-state index in [2.05, 4.69) is 4.98 Å². The molecule has 148 valence electrons. The van der Waals surface area contributed by atoms with Gasteiger partial charge in [-0.2, -0.15) is 0 Å². The highest BCUT2D eigenvalue weighted by molar-refractivity contribution is 7.22. The number of amides is 1. The van der Waals surface area contributed by atoms with Crippen LogP contribution in [0.5, 0.6) is 5.75 Å². The molecule has 0 bridgehead atoms. The van der Waals surface area contributed by atoms with Gasteiger partial charge in [-0.15, -0.1) is 0 Å². The summed E-state index contributed by atoms with van der Waals surface area (Å²) in [6.07, 6.45) is 0.750. The van der Waals surface area contributed by atoms with Crippen molar-refractivity contribution >= 4 is 32.6 Å². The van der Waals surface area contributed by atoms with E-state index in [1.807, 2.05) is 19.0 Å². The van der Waals surface area contributed by atoms with Crippen LogP contribution < -0.4 is 9.64 Å². The van der Waals surface area contributed by atoms with Gasteiger partial charge in [0.25, 0.3) is 5.91 Å². The highest BCUT2D eigenvalue weighted by Gasteiger charge is 2.20. The van der Waals surface area contributed by atoms with Crippen molar-refractivity contribution in [1.29, 1.82) is 0 Å². The normalized spacial score (nSPS) is 11.2. The SMILES string of the molecule is CN(C)CCCN(C(=O)COc1ccc(F)cc1)c1nc2ccc(F)cc2s1. The largest absolute Gasteiger partial charge is 0.484 e. The standard InChI is InChI=1S/C20H21F2N3O2S/c1-24(2)10-3-11-25(19(26)13-27-16-7-4-14(21)5-8-16)20-23-17-9-6-15(22)12-18(17)28-20/h4-9,12H,3,10-11,13H2,1-2H3. The first-order valence-electron chi connectivity index (χ1n) is 8.82. The molecule has 1 heterocycles. The number of ether oxygens (including phenoxy) is 1. The molecule has 0 fully saturated rings. The second-order valence-corrected chi connectivity index (χ2v) is 7.56. The lowest BCUT2D eigenvalue weighted by molar-refractivity contribution is -0.120. The topological polar surface area (TPSA) is 45.7 Å². The molecule has 0 aliphatic carbocycles. The third-order valence-corrected chi connectivity index (χ3v) is 5.08. The molecule has 8 heteroatoms. The molecule has 5 nitrogen and oxygen atoms in total. The molecule has 3 rings (SSSR count). The molecule has 28 heavy (non-hydrogen) atoms. The van der Waals surface area contributed by atoms with E-state index >= 15 is 0 Å². The van der Waals surface area contributed by atoms with Crippen LogP contribution in [0.25, 0.3) is 10.2 Å². The van der Waals surface area contributed by atoms with E-state index in [4.69, 9.17) is 4.74 Å². The van der Waals surface area contributed by atoms with Crippen molar-refractivity contribution in [2.24, 2.45) is 0 Å². The second-order valence-electron chi connectivity index (χ2n) is 6.55. The maximum Gasteiger partial charge on any atom is 0.266 e. The van der Waals surface area contributed by atoms with Crippen LogP contribution in [0.4, 0.5) is 13.9 Å². The van der Waals surface area contributed by atoms with Gasteiger partial charge in [0.2, 0.25) is 0 Å². The van der Waals surface area contributed by atoms with Gasteiger partial charge in [0.1, 0.15) is 17.4 Å². The smallest absolute Gasteiger partial charge is 0.266 e. The first kappa shape index (κ1) is 20.2. The molecule has 0 atom stereocenters. The molecule has 2 aromatic carbocycles. The Labute approximate surface area is 166 Å². The lowest BCUT2D eigenvalue weighted by atomic mass is 10.3. The van der Waals surface area contributed by atoms with Crippen molar-refractivity contribution in [2.45, 2.75) is 6.42 Å². The molecule has 1 amide bonds. The fourth-order valence-corrected chi connectivity index (χ4v) is 3.66. The first-order valence-corrected chi connectivity index (χ1v) is 9.63. The van der Waals surface area contributed by atoms with Gasteiger partial charge in [-0.1, -0.05) is 11.3 Å². The Hall–Kier alpha value is -2.58. The summed E-state index contributed by atoms with van der Waals surface area (Å²) in [6, 6.07) is 9.85. The van der Waals surface area contributed by atoms with Gasteiger partial charge in [0, 0.05) is 6.54 Å². The zero-order valence-corrected chi connectivity index (χ0v) is 16.5. The van der Waals surface area contributed by atoms with Crippen LogP contribution in [0.15, 0.2) is 42.5 Å². The predicted molar refractivity (Wildman–Crippen MR) is 107 cm³/mol. The van der Waals surface area contributed by atoms with Crippen molar-refractivity contribution in [3.05, 3.63) is 54.1 Å². The monoisotopic (exact) mass is 405 g/mol. The van der Waals surface area contributed by atoms with E-state index in [0.717, 1.165) is 13.0 Å². The van der Waals surface area contributed by atoms with Crippen LogP contribution in [0.3, 0.4) is 0 Å². The Kier molecular flexibility index (Phi) is 6.53. The van der Waals surface area contributed by atoms with Gasteiger partial charge >= 0.3 is 0 Å². The predicted octanol–water partition coefficient (Wildman–Crippen LogP) is 3.94. The molecular weight excluding hydrogens is 384 g/mol. The highest BCUT2D eigenvalue weighted by Crippen LogP contribution is 2.29. The number of aromatic nitrogens is 1. The Bertz CT molecular complexity index is 944. The van der Waals surface area contributed by atoms with Crippen molar-refractivity contribution in [1.82, 2.24) is 9.88 Å². The molecule has 0 aliphatic heterocycles. The number of carbonyl (C=O) groups is 1. The van der Waals surface area contributed by atoms with Crippen molar-refractivity contribution < 1.29 is 18.3 Å². The third-order valence-electron chi connectivity index (χ3n) is 4.03. The van der Waals surface area contributed by atoms with E-state index < -0.39 is 0 Å². The number of hydrogen-bond acceptors (Lipinski definition) is 5. The minimum atomic E-state index is -0.370. The second kappa shape index (κ2) is 9.07. The van der Waals surface area contributed by atoms with Gasteiger partial charge in [-0.25, -0.2) is 13.8 Å². The lowest BCUT2D eigenvalue weighted by Gasteiger charge is -2.21. The number of anilines is 1. The number of nitrogens with zero attached hydrogens (tertiary/aromatic N) is 3. The zero-order valence-electron chi connectivity index (χ0n) is 15.7. The molecule has 0 N–H and O–H groups in total. The maximum atomic E-state index is 13.5. The molecule has 0 saturated heterocycles. The van der Waals surface area contributed by atoms with Gasteiger partial charge < -0.3 is 9.64 Å². The average Bonchev–Trinajstić information content (AvgIpc) is 3.07. The van der Waals surface area contributed by atoms with E-state index in [1.165, 1.54) is 47.7 Å². The van der Waals surface area contributed by atoms with Crippen LogP contribution in [0.1, 0.15) is 6.42 Å². The number of rotatable bonds is 8. The van der Waals surface area contributed by atoms with E-state index in [1.54, 1.807) is 11.0 Å². The van der Waals surface area contributed by atoms with E-state index in [-0.39, 0.29) is 24.1 Å². The summed E-state index contributed by atoms with van der Waals surface area (Å²) in [5, 5.41) is 0.507. The minimum Gasteiger partial charge on any atom is -0.484 e. The molecule has 0 radical (unpaired) electrons. The minimum absolute atomic E-state index is 0.197. The van der Waals surface area contributed by atoms with Gasteiger partial charge in [-0.3, -0.25) is 9.69 Å². The lowest BCUT2D eigenvalue weighted by Crippen LogP contribution is -2.36. The van der Waals surface area contributed by atoms with Crippen molar-refractivity contribution in [2.75, 3.05) is 38.7 Å². The van der Waals surface area contributed by atoms with Crippen molar-refractivity contribution in [3.8, 4) is 5.75 Å². The summed E-state index contributed by atoms with van der Waals surface area (Å²) in [7, 11) is 3.93. The molecule has 0 saturated carbocycles. The number of halogens is 2. The number of carbonyl (C=O) groups excluding carboxylic acids is 1. The Morgan fingerprint density at radius 3 is 2.50 bits per heavy atom. The summed E-state index contributed by atoms with van der Waals surface area (Å²) < 4.78 is 32.7. The summed E-state index contributed by atoms with van der Waals surface area (Å²) in [6.45, 7) is 1.08. The molecule has 1 aromatic heterocycles. The van der Waals surface area contributed by atoms with Crippen LogP contribution >= 0.6 is 11.3 Å². The fraction of sp³-hybridized carbons (Fsp3) is 0.300. The molecule has 3 aromatic rings. The molecular formula is C20H21F2N3O2S. The van der Waals surface area contributed by atoms with Crippen LogP contribution in [0, 0.1) is 11.6 Å². The van der Waals surface area contributed by atoms with Crippen molar-refractivity contribution in [3.63, 3.8) is 0 Å². The molecule has 0 unspecified atom stereocenters. The number of benzene rings is 2. The van der Waals surface area contributed by atoms with Crippen LogP contribution in [-0.4, -0.2) is 49.6 Å². The number of hydrogen-bond donors (Lipinski definition) is 0. The van der Waals surface area contributed by atoms with E-state index in [9.17, 15) is 13.6 Å². The summed E-state index contributed by atoms with van der Waals surface area (Å²) >= 11 is 1.27. The fourth-order valence-electron chi connectivity index (χ4n) is 2.63. The zero-order chi connectivity index (χ0) is 20.1. The van der Waals surface area contributed by atoms with Crippen LogP contribution in [-0.2, 0) is 4.79 Å². The summed E-state index contributed by atoms with van der Waals surface area (Å²) in [4.78, 5) is 20.9. The Morgan fingerprint density at radius 2 is 1.79 bits per heavy atom. The third kappa shape index (κ3) is 5.24. The molecule has 0 spiro atoms. The van der Waals surface area contributed by atoms with Crippen LogP contribution in [0.2, 0.25) is 0 Å². The highest BCUT2D eigenvalue weighted by atomic mass is 32.1. The van der Waals surface area contributed by atoms with Gasteiger partial charge in [0.15, 0.2) is 11.7 Å². The van der Waals surface area contributed by atoms with Gasteiger partial charge in [0.05, 0.1) is 10.2 Å². The molecule has 0 aliphatic rings. The Balaban J connectivity index is 1.76. The number of thiazole rings is 1. The average molecular weight is 405 g/mol. The van der Waals surface area contributed by atoms with E-state index in [0.29, 0.717) is 27.6 Å². The summed E-state index contributed by atoms with van der Waals surface area (Å²) in [5.41, 5.74) is 0.645. The summed E-state index contributed by atoms with van der Waals surface area (Å²) in [5.74, 6) is -0.560. The number of fused-ring (bicyclic) bond motifs is 1. The quantitative estimate of drug-likeness (QED) is 0.570. The Morgan fingerprint density at radius 1 is 1.07 bits per heavy atom. The van der Waals surface area contributed by atoms with Gasteiger partial charge in [-0.05, 0) is 69.5 Å². The first-order chi connectivity index (χ1) is 13.4. The maximum absolute atomic E-state index is 13.5.